The molecule has 2 heterocycles. The summed E-state index contributed by atoms with van der Waals surface area (Å²) >= 11 is 1.40. The molecule has 0 radical (unpaired) electrons. The van der Waals surface area contributed by atoms with Crippen LogP contribution >= 0.6 is 11.3 Å². The topological polar surface area (TPSA) is 46.9 Å². The lowest BCUT2D eigenvalue weighted by molar-refractivity contribution is 0.0958. The van der Waals surface area contributed by atoms with Crippen molar-refractivity contribution >= 4 is 27.5 Å². The molecule has 22 heavy (non-hydrogen) atoms. The van der Waals surface area contributed by atoms with E-state index in [1.807, 2.05) is 19.9 Å². The van der Waals surface area contributed by atoms with Crippen LogP contribution < -0.4 is 5.32 Å². The van der Waals surface area contributed by atoms with Gasteiger partial charge in [0.2, 0.25) is 0 Å². The van der Waals surface area contributed by atoms with Crippen LogP contribution in [0.1, 0.15) is 28.7 Å². The summed E-state index contributed by atoms with van der Waals surface area (Å²) in [6.45, 7) is 4.58. The first-order valence-electron chi connectivity index (χ1n) is 7.13. The standard InChI is InChI=1S/C16H16FN3OS/c1-3-8-18-15(21)14-9-13-10(2)19-20(16(13)22-14)12-6-4-11(17)5-7-12/h4-7,9H,3,8H2,1-2H3,(H,18,21). The number of thiophene rings is 1. The molecule has 0 bridgehead atoms. The lowest BCUT2D eigenvalue weighted by Crippen LogP contribution is -2.22. The highest BCUT2D eigenvalue weighted by Gasteiger charge is 2.16. The number of fused-ring (bicyclic) bond motifs is 1. The van der Waals surface area contributed by atoms with Gasteiger partial charge in [-0.2, -0.15) is 5.10 Å². The zero-order valence-electron chi connectivity index (χ0n) is 12.4. The first-order chi connectivity index (χ1) is 10.6. The molecule has 3 aromatic rings. The Balaban J connectivity index is 2.03. The number of benzene rings is 1. The van der Waals surface area contributed by atoms with Crippen molar-refractivity contribution < 1.29 is 9.18 Å². The number of carbonyl (C=O) groups excluding carboxylic acids is 1. The highest BCUT2D eigenvalue weighted by molar-refractivity contribution is 7.20. The lowest BCUT2D eigenvalue weighted by atomic mass is 10.3. The van der Waals surface area contributed by atoms with Gasteiger partial charge in [-0.05, 0) is 43.7 Å². The van der Waals surface area contributed by atoms with Crippen molar-refractivity contribution in [3.05, 3.63) is 46.7 Å². The monoisotopic (exact) mass is 317 g/mol. The molecule has 0 atom stereocenters. The van der Waals surface area contributed by atoms with Crippen LogP contribution in [0.15, 0.2) is 30.3 Å². The number of amides is 1. The van der Waals surface area contributed by atoms with Gasteiger partial charge in [-0.25, -0.2) is 9.07 Å². The van der Waals surface area contributed by atoms with Crippen LogP contribution in [-0.4, -0.2) is 22.2 Å². The second-order valence-corrected chi connectivity index (χ2v) is 6.09. The summed E-state index contributed by atoms with van der Waals surface area (Å²) in [6, 6.07) is 8.03. The number of carbonyl (C=O) groups is 1. The van der Waals surface area contributed by atoms with Gasteiger partial charge in [0.05, 0.1) is 16.3 Å². The fraction of sp³-hybridized carbons (Fsp3) is 0.250. The Labute approximate surface area is 131 Å². The molecule has 4 nitrogen and oxygen atoms in total. The van der Waals surface area contributed by atoms with Crippen molar-refractivity contribution in [3.63, 3.8) is 0 Å². The normalized spacial score (nSPS) is 11.0. The Kier molecular flexibility index (Phi) is 3.94. The summed E-state index contributed by atoms with van der Waals surface area (Å²) in [5, 5.41) is 8.32. The van der Waals surface area contributed by atoms with Gasteiger partial charge in [-0.1, -0.05) is 6.92 Å². The molecule has 0 saturated heterocycles. The number of hydrogen-bond acceptors (Lipinski definition) is 3. The van der Waals surface area contributed by atoms with Crippen LogP contribution in [0.4, 0.5) is 4.39 Å². The second kappa shape index (κ2) is 5.88. The third kappa shape index (κ3) is 2.62. The summed E-state index contributed by atoms with van der Waals surface area (Å²) in [7, 11) is 0. The summed E-state index contributed by atoms with van der Waals surface area (Å²) in [4.78, 5) is 13.7. The zero-order valence-corrected chi connectivity index (χ0v) is 13.2. The summed E-state index contributed by atoms with van der Waals surface area (Å²) in [5.74, 6) is -0.345. The molecule has 0 unspecified atom stereocenters. The molecule has 1 aromatic carbocycles. The minimum Gasteiger partial charge on any atom is -0.351 e. The smallest absolute Gasteiger partial charge is 0.261 e. The molecule has 0 saturated carbocycles. The largest absolute Gasteiger partial charge is 0.351 e. The van der Waals surface area contributed by atoms with E-state index < -0.39 is 0 Å². The van der Waals surface area contributed by atoms with E-state index in [0.29, 0.717) is 11.4 Å². The van der Waals surface area contributed by atoms with Crippen molar-refractivity contribution in [3.8, 4) is 5.69 Å². The third-order valence-corrected chi connectivity index (χ3v) is 4.48. The SMILES string of the molecule is CCCNC(=O)c1cc2c(C)nn(-c3ccc(F)cc3)c2s1. The van der Waals surface area contributed by atoms with E-state index in [4.69, 9.17) is 0 Å². The predicted molar refractivity (Wildman–Crippen MR) is 86.3 cm³/mol. The van der Waals surface area contributed by atoms with E-state index in [9.17, 15) is 9.18 Å². The molecule has 0 spiro atoms. The maximum Gasteiger partial charge on any atom is 0.261 e. The molecule has 1 amide bonds. The van der Waals surface area contributed by atoms with Gasteiger partial charge in [0.1, 0.15) is 10.6 Å². The second-order valence-electron chi connectivity index (χ2n) is 5.06. The fourth-order valence-electron chi connectivity index (χ4n) is 2.24. The van der Waals surface area contributed by atoms with Crippen LogP contribution in [0.25, 0.3) is 15.9 Å². The molecule has 0 aliphatic heterocycles. The summed E-state index contributed by atoms with van der Waals surface area (Å²) in [5.41, 5.74) is 1.63. The lowest BCUT2D eigenvalue weighted by Gasteiger charge is -2.02. The molecule has 3 rings (SSSR count). The molecular formula is C16H16FN3OS. The third-order valence-electron chi connectivity index (χ3n) is 3.38. The van der Waals surface area contributed by atoms with Gasteiger partial charge < -0.3 is 5.32 Å². The average Bonchev–Trinajstić information content (AvgIpc) is 3.07. The number of aromatic nitrogens is 2. The molecule has 0 fully saturated rings. The van der Waals surface area contributed by atoms with E-state index in [1.165, 1.54) is 23.5 Å². The molecule has 6 heteroatoms. The first-order valence-corrected chi connectivity index (χ1v) is 7.95. The highest BCUT2D eigenvalue weighted by Crippen LogP contribution is 2.30. The predicted octanol–water partition coefficient (Wildman–Crippen LogP) is 3.67. The minimum atomic E-state index is -0.283. The van der Waals surface area contributed by atoms with Gasteiger partial charge in [-0.15, -0.1) is 11.3 Å². The number of nitrogens with one attached hydrogen (secondary N) is 1. The van der Waals surface area contributed by atoms with E-state index >= 15 is 0 Å². The van der Waals surface area contributed by atoms with E-state index in [2.05, 4.69) is 10.4 Å². The van der Waals surface area contributed by atoms with Gasteiger partial charge in [0.25, 0.3) is 5.91 Å². The van der Waals surface area contributed by atoms with Gasteiger partial charge in [0, 0.05) is 11.9 Å². The zero-order chi connectivity index (χ0) is 15.7. The Morgan fingerprint density at radius 2 is 2.09 bits per heavy atom. The molecule has 114 valence electrons. The fourth-order valence-corrected chi connectivity index (χ4v) is 3.34. The van der Waals surface area contributed by atoms with Crippen molar-refractivity contribution in [1.29, 1.82) is 0 Å². The maximum absolute atomic E-state index is 13.1. The Bertz CT molecular complexity index is 820. The van der Waals surface area contributed by atoms with Crippen LogP contribution in [0.3, 0.4) is 0 Å². The quantitative estimate of drug-likeness (QED) is 0.798. The van der Waals surface area contributed by atoms with E-state index in [0.717, 1.165) is 28.0 Å². The van der Waals surface area contributed by atoms with Crippen LogP contribution in [0.2, 0.25) is 0 Å². The Morgan fingerprint density at radius 3 is 2.77 bits per heavy atom. The van der Waals surface area contributed by atoms with E-state index in [1.54, 1.807) is 16.8 Å². The number of hydrogen-bond donors (Lipinski definition) is 1. The number of rotatable bonds is 4. The molecule has 2 aromatic heterocycles. The number of aryl methyl sites for hydroxylation is 1. The summed E-state index contributed by atoms with van der Waals surface area (Å²) < 4.78 is 14.8. The van der Waals surface area contributed by atoms with Gasteiger partial charge in [0.15, 0.2) is 0 Å². The Morgan fingerprint density at radius 1 is 1.36 bits per heavy atom. The first kappa shape index (κ1) is 14.7. The summed E-state index contributed by atoms with van der Waals surface area (Å²) in [6.07, 6.45) is 0.902. The molecule has 0 aliphatic rings. The maximum atomic E-state index is 13.1. The number of nitrogens with zero attached hydrogens (tertiary/aromatic N) is 2. The molecule has 0 aliphatic carbocycles. The highest BCUT2D eigenvalue weighted by atomic mass is 32.1. The van der Waals surface area contributed by atoms with Crippen molar-refractivity contribution in [2.24, 2.45) is 0 Å². The van der Waals surface area contributed by atoms with Crippen LogP contribution in [0.5, 0.6) is 0 Å². The van der Waals surface area contributed by atoms with Crippen molar-refractivity contribution in [1.82, 2.24) is 15.1 Å². The molecule has 1 N–H and O–H groups in total. The van der Waals surface area contributed by atoms with Gasteiger partial charge in [-0.3, -0.25) is 4.79 Å². The Hall–Kier alpha value is -2.21. The number of halogens is 1. The minimum absolute atomic E-state index is 0.0619. The average molecular weight is 317 g/mol. The van der Waals surface area contributed by atoms with Gasteiger partial charge >= 0.3 is 0 Å². The van der Waals surface area contributed by atoms with Crippen LogP contribution in [0, 0.1) is 12.7 Å². The van der Waals surface area contributed by atoms with Crippen LogP contribution in [-0.2, 0) is 0 Å². The van der Waals surface area contributed by atoms with E-state index in [-0.39, 0.29) is 11.7 Å². The molecular weight excluding hydrogens is 301 g/mol. The van der Waals surface area contributed by atoms with Crippen molar-refractivity contribution in [2.75, 3.05) is 6.54 Å². The van der Waals surface area contributed by atoms with Crippen molar-refractivity contribution in [2.45, 2.75) is 20.3 Å².